The smallest absolute Gasteiger partial charge is 0.126 e. The SMILES string of the molecule is C#C[Si](C#C)(CCC)CCC. The number of hydrogen-bond acceptors (Lipinski definition) is 0. The van der Waals surface area contributed by atoms with Crippen LogP contribution in [0, 0.1) is 23.9 Å². The van der Waals surface area contributed by atoms with Crippen molar-refractivity contribution in [1.82, 2.24) is 0 Å². The molecular formula is C10H16Si. The molecule has 0 aliphatic carbocycles. The molecule has 0 N–H and O–H groups in total. The topological polar surface area (TPSA) is 0 Å². The van der Waals surface area contributed by atoms with Crippen LogP contribution in [0.25, 0.3) is 0 Å². The Morgan fingerprint density at radius 2 is 1.36 bits per heavy atom. The van der Waals surface area contributed by atoms with Crippen molar-refractivity contribution in [2.75, 3.05) is 0 Å². The van der Waals surface area contributed by atoms with E-state index < -0.39 is 8.07 Å². The minimum atomic E-state index is -1.69. The normalized spacial score (nSPS) is 10.2. The molecule has 0 saturated heterocycles. The van der Waals surface area contributed by atoms with Crippen LogP contribution in [0.3, 0.4) is 0 Å². The van der Waals surface area contributed by atoms with Crippen LogP contribution in [0.5, 0.6) is 0 Å². The maximum Gasteiger partial charge on any atom is 0.215 e. The minimum absolute atomic E-state index is 1.09. The zero-order valence-electron chi connectivity index (χ0n) is 7.48. The van der Waals surface area contributed by atoms with Crippen molar-refractivity contribution in [2.24, 2.45) is 0 Å². The van der Waals surface area contributed by atoms with Gasteiger partial charge in [-0.25, -0.2) is 0 Å². The average Bonchev–Trinajstić information content (AvgIpc) is 2.04. The van der Waals surface area contributed by atoms with Gasteiger partial charge in [0.2, 0.25) is 8.07 Å². The molecule has 0 radical (unpaired) electrons. The van der Waals surface area contributed by atoms with Crippen LogP contribution in [0.2, 0.25) is 12.1 Å². The molecule has 0 saturated carbocycles. The summed E-state index contributed by atoms with van der Waals surface area (Å²) in [6.45, 7) is 4.29. The summed E-state index contributed by atoms with van der Waals surface area (Å²) < 4.78 is 0. The van der Waals surface area contributed by atoms with E-state index in [4.69, 9.17) is 12.8 Å². The summed E-state index contributed by atoms with van der Waals surface area (Å²) in [5.74, 6) is 0. The molecule has 0 aromatic rings. The summed E-state index contributed by atoms with van der Waals surface area (Å²) in [4.78, 5) is 0. The highest BCUT2D eigenvalue weighted by atomic mass is 28.3. The van der Waals surface area contributed by atoms with Crippen molar-refractivity contribution in [3.05, 3.63) is 0 Å². The van der Waals surface area contributed by atoms with Crippen LogP contribution in [0.4, 0.5) is 0 Å². The number of rotatable bonds is 4. The lowest BCUT2D eigenvalue weighted by Crippen LogP contribution is -2.30. The van der Waals surface area contributed by atoms with Gasteiger partial charge in [-0.2, -0.15) is 0 Å². The molecule has 11 heavy (non-hydrogen) atoms. The highest BCUT2D eigenvalue weighted by molar-refractivity contribution is 6.94. The second-order valence-corrected chi connectivity index (χ2v) is 6.61. The fourth-order valence-electron chi connectivity index (χ4n) is 1.31. The molecule has 0 aromatic heterocycles. The lowest BCUT2D eigenvalue weighted by atomic mass is 10.6. The first-order chi connectivity index (χ1) is 5.24. The van der Waals surface area contributed by atoms with Crippen LogP contribution < -0.4 is 0 Å². The molecule has 0 aliphatic rings. The molecular weight excluding hydrogens is 148 g/mol. The van der Waals surface area contributed by atoms with Crippen LogP contribution in [0.15, 0.2) is 0 Å². The monoisotopic (exact) mass is 164 g/mol. The minimum Gasteiger partial charge on any atom is -0.126 e. The quantitative estimate of drug-likeness (QED) is 0.442. The van der Waals surface area contributed by atoms with Crippen LogP contribution in [-0.2, 0) is 0 Å². The Bertz CT molecular complexity index is 158. The molecule has 1 heteroatoms. The van der Waals surface area contributed by atoms with Gasteiger partial charge in [0.1, 0.15) is 0 Å². The van der Waals surface area contributed by atoms with E-state index in [-0.39, 0.29) is 0 Å². The van der Waals surface area contributed by atoms with Gasteiger partial charge >= 0.3 is 0 Å². The molecule has 0 unspecified atom stereocenters. The summed E-state index contributed by atoms with van der Waals surface area (Å²) in [6, 6.07) is 2.18. The van der Waals surface area contributed by atoms with Gasteiger partial charge in [0, 0.05) is 0 Å². The third kappa shape index (κ3) is 2.83. The summed E-state index contributed by atoms with van der Waals surface area (Å²) in [6.07, 6.45) is 13.2. The van der Waals surface area contributed by atoms with Crippen LogP contribution in [0.1, 0.15) is 26.7 Å². The Balaban J connectivity index is 4.27. The number of hydrogen-bond donors (Lipinski definition) is 0. The molecule has 0 bridgehead atoms. The Morgan fingerprint density at radius 1 is 1.00 bits per heavy atom. The third-order valence-corrected chi connectivity index (χ3v) is 5.72. The highest BCUT2D eigenvalue weighted by Crippen LogP contribution is 2.17. The predicted octanol–water partition coefficient (Wildman–Crippen LogP) is 2.60. The van der Waals surface area contributed by atoms with E-state index in [1.54, 1.807) is 0 Å². The molecule has 0 aliphatic heterocycles. The van der Waals surface area contributed by atoms with Gasteiger partial charge in [-0.05, 0) is 12.1 Å². The first-order valence-corrected chi connectivity index (χ1v) is 6.61. The first-order valence-electron chi connectivity index (χ1n) is 4.20. The molecule has 0 atom stereocenters. The van der Waals surface area contributed by atoms with Gasteiger partial charge in [-0.15, -0.1) is 23.9 Å². The van der Waals surface area contributed by atoms with E-state index in [1.807, 2.05) is 0 Å². The zero-order valence-corrected chi connectivity index (χ0v) is 8.48. The Morgan fingerprint density at radius 3 is 1.55 bits per heavy atom. The van der Waals surface area contributed by atoms with Gasteiger partial charge in [0.15, 0.2) is 0 Å². The second kappa shape index (κ2) is 5.05. The first kappa shape index (κ1) is 10.3. The average molecular weight is 164 g/mol. The van der Waals surface area contributed by atoms with Crippen molar-refractivity contribution in [1.29, 1.82) is 0 Å². The largest absolute Gasteiger partial charge is 0.215 e. The second-order valence-electron chi connectivity index (χ2n) is 2.87. The molecule has 0 rings (SSSR count). The Labute approximate surface area is 71.4 Å². The zero-order chi connectivity index (χ0) is 8.74. The van der Waals surface area contributed by atoms with Crippen LogP contribution in [-0.4, -0.2) is 8.07 Å². The van der Waals surface area contributed by atoms with E-state index in [2.05, 4.69) is 24.9 Å². The van der Waals surface area contributed by atoms with Gasteiger partial charge in [0.05, 0.1) is 0 Å². The fraction of sp³-hybridized carbons (Fsp3) is 0.600. The lowest BCUT2D eigenvalue weighted by molar-refractivity contribution is 1.00. The van der Waals surface area contributed by atoms with Crippen molar-refractivity contribution < 1.29 is 0 Å². The molecule has 60 valence electrons. The third-order valence-electron chi connectivity index (χ3n) is 1.91. The summed E-state index contributed by atoms with van der Waals surface area (Å²) in [5, 5.41) is 0. The van der Waals surface area contributed by atoms with Crippen molar-refractivity contribution in [2.45, 2.75) is 38.8 Å². The standard InChI is InChI=1S/C10H16Si/c1-5-9-11(7-3,8-4)10-6-2/h3-4H,5-6,9-10H2,1-2H3. The molecule has 0 heterocycles. The van der Waals surface area contributed by atoms with Crippen LogP contribution >= 0.6 is 0 Å². The number of terminal acetylenes is 2. The molecule has 0 aromatic carbocycles. The van der Waals surface area contributed by atoms with E-state index in [0.717, 1.165) is 24.9 Å². The Hall–Kier alpha value is -0.663. The van der Waals surface area contributed by atoms with E-state index >= 15 is 0 Å². The summed E-state index contributed by atoms with van der Waals surface area (Å²) in [5.41, 5.74) is 5.74. The molecule has 0 fully saturated rings. The van der Waals surface area contributed by atoms with Gasteiger partial charge < -0.3 is 0 Å². The van der Waals surface area contributed by atoms with Gasteiger partial charge in [-0.1, -0.05) is 26.7 Å². The lowest BCUT2D eigenvalue weighted by Gasteiger charge is -2.16. The predicted molar refractivity (Wildman–Crippen MR) is 53.6 cm³/mol. The summed E-state index contributed by atoms with van der Waals surface area (Å²) in [7, 11) is -1.69. The maximum atomic E-state index is 5.46. The van der Waals surface area contributed by atoms with Gasteiger partial charge in [0.25, 0.3) is 0 Å². The molecule has 0 amide bonds. The van der Waals surface area contributed by atoms with E-state index in [1.165, 1.54) is 0 Å². The van der Waals surface area contributed by atoms with E-state index in [0.29, 0.717) is 0 Å². The van der Waals surface area contributed by atoms with E-state index in [9.17, 15) is 0 Å². The van der Waals surface area contributed by atoms with Crippen molar-refractivity contribution in [3.8, 4) is 23.9 Å². The molecule has 0 nitrogen and oxygen atoms in total. The maximum absolute atomic E-state index is 5.46. The summed E-state index contributed by atoms with van der Waals surface area (Å²) >= 11 is 0. The molecule has 0 spiro atoms. The highest BCUT2D eigenvalue weighted by Gasteiger charge is 2.26. The van der Waals surface area contributed by atoms with Crippen molar-refractivity contribution in [3.63, 3.8) is 0 Å². The van der Waals surface area contributed by atoms with Crippen molar-refractivity contribution >= 4 is 8.07 Å². The van der Waals surface area contributed by atoms with Gasteiger partial charge in [-0.3, -0.25) is 0 Å². The fourth-order valence-corrected chi connectivity index (χ4v) is 3.93. The Kier molecular flexibility index (Phi) is 4.74.